The summed E-state index contributed by atoms with van der Waals surface area (Å²) in [5.74, 6) is -0.0625. The summed E-state index contributed by atoms with van der Waals surface area (Å²) in [6, 6.07) is 8.29. The molecule has 1 aromatic carbocycles. The molecule has 1 aliphatic heterocycles. The minimum absolute atomic E-state index is 0.0625. The average molecular weight is 290 g/mol. The second-order valence-electron chi connectivity index (χ2n) is 6.65. The summed E-state index contributed by atoms with van der Waals surface area (Å²) in [4.78, 5) is 12.4. The lowest BCUT2D eigenvalue weighted by Crippen LogP contribution is -2.58. The molecule has 0 atom stereocenters. The summed E-state index contributed by atoms with van der Waals surface area (Å²) in [6.07, 6.45) is 1.17. The highest BCUT2D eigenvalue weighted by Gasteiger charge is 2.36. The molecule has 1 aliphatic rings. The summed E-state index contributed by atoms with van der Waals surface area (Å²) in [5.41, 5.74) is 7.80. The SMILES string of the molecule is Cc1ccccc1C(C)(C)CNC(=O)C1(N)CCOCC1. The van der Waals surface area contributed by atoms with Crippen molar-refractivity contribution in [3.8, 4) is 0 Å². The van der Waals surface area contributed by atoms with Gasteiger partial charge in [-0.1, -0.05) is 38.1 Å². The van der Waals surface area contributed by atoms with Crippen molar-refractivity contribution in [2.24, 2.45) is 5.73 Å². The molecule has 1 heterocycles. The molecule has 1 saturated heterocycles. The third-order valence-corrected chi connectivity index (χ3v) is 4.40. The predicted octanol–water partition coefficient (Wildman–Crippen LogP) is 1.90. The molecule has 0 spiro atoms. The van der Waals surface area contributed by atoms with E-state index in [0.717, 1.165) is 0 Å². The smallest absolute Gasteiger partial charge is 0.240 e. The lowest BCUT2D eigenvalue weighted by Gasteiger charge is -2.34. The zero-order chi connectivity index (χ0) is 15.5. The Labute approximate surface area is 127 Å². The Hall–Kier alpha value is -1.39. The second-order valence-corrected chi connectivity index (χ2v) is 6.65. The largest absolute Gasteiger partial charge is 0.381 e. The number of carbonyl (C=O) groups is 1. The summed E-state index contributed by atoms with van der Waals surface area (Å²) in [7, 11) is 0. The van der Waals surface area contributed by atoms with Gasteiger partial charge in [-0.15, -0.1) is 0 Å². The Morgan fingerprint density at radius 3 is 2.57 bits per heavy atom. The molecule has 3 N–H and O–H groups in total. The van der Waals surface area contributed by atoms with Crippen LogP contribution in [0.4, 0.5) is 0 Å². The molecular weight excluding hydrogens is 264 g/mol. The summed E-state index contributed by atoms with van der Waals surface area (Å²) < 4.78 is 5.29. The van der Waals surface area contributed by atoms with Crippen LogP contribution in [0.1, 0.15) is 37.8 Å². The number of carbonyl (C=O) groups excluding carboxylic acids is 1. The van der Waals surface area contributed by atoms with E-state index >= 15 is 0 Å². The van der Waals surface area contributed by atoms with Crippen LogP contribution in [0.5, 0.6) is 0 Å². The van der Waals surface area contributed by atoms with Crippen LogP contribution in [0.3, 0.4) is 0 Å². The van der Waals surface area contributed by atoms with Crippen molar-refractivity contribution in [1.29, 1.82) is 0 Å². The van der Waals surface area contributed by atoms with E-state index in [1.54, 1.807) is 0 Å². The van der Waals surface area contributed by atoms with Gasteiger partial charge in [0.15, 0.2) is 0 Å². The van der Waals surface area contributed by atoms with Crippen molar-refractivity contribution in [2.75, 3.05) is 19.8 Å². The van der Waals surface area contributed by atoms with E-state index in [2.05, 4.69) is 38.2 Å². The first kappa shape index (κ1) is 16.0. The van der Waals surface area contributed by atoms with Crippen LogP contribution in [0.2, 0.25) is 0 Å². The summed E-state index contributed by atoms with van der Waals surface area (Å²) in [6.45, 7) is 8.08. The van der Waals surface area contributed by atoms with E-state index in [1.807, 2.05) is 12.1 Å². The van der Waals surface area contributed by atoms with E-state index in [9.17, 15) is 4.79 Å². The fourth-order valence-corrected chi connectivity index (χ4v) is 2.87. The number of aryl methyl sites for hydroxylation is 1. The van der Waals surface area contributed by atoms with E-state index < -0.39 is 5.54 Å². The highest BCUT2D eigenvalue weighted by Crippen LogP contribution is 2.26. The van der Waals surface area contributed by atoms with E-state index in [0.29, 0.717) is 32.6 Å². The Morgan fingerprint density at radius 1 is 1.33 bits per heavy atom. The fourth-order valence-electron chi connectivity index (χ4n) is 2.87. The monoisotopic (exact) mass is 290 g/mol. The number of amides is 1. The lowest BCUT2D eigenvalue weighted by molar-refractivity contribution is -0.130. The van der Waals surface area contributed by atoms with Crippen LogP contribution in [0.15, 0.2) is 24.3 Å². The van der Waals surface area contributed by atoms with Crippen LogP contribution < -0.4 is 11.1 Å². The second kappa shape index (κ2) is 6.16. The van der Waals surface area contributed by atoms with Crippen molar-refractivity contribution in [2.45, 2.75) is 44.6 Å². The van der Waals surface area contributed by atoms with Gasteiger partial charge >= 0.3 is 0 Å². The molecule has 1 fully saturated rings. The van der Waals surface area contributed by atoms with Gasteiger partial charge in [0.2, 0.25) is 5.91 Å². The minimum Gasteiger partial charge on any atom is -0.381 e. The molecule has 0 bridgehead atoms. The van der Waals surface area contributed by atoms with Crippen molar-refractivity contribution in [1.82, 2.24) is 5.32 Å². The average Bonchev–Trinajstić information content (AvgIpc) is 2.46. The maximum atomic E-state index is 12.4. The van der Waals surface area contributed by atoms with Gasteiger partial charge in [-0.25, -0.2) is 0 Å². The summed E-state index contributed by atoms with van der Waals surface area (Å²) in [5, 5.41) is 3.04. The van der Waals surface area contributed by atoms with Crippen molar-refractivity contribution < 1.29 is 9.53 Å². The number of benzene rings is 1. The number of nitrogens with two attached hydrogens (primary N) is 1. The molecule has 2 rings (SSSR count). The molecule has 0 saturated carbocycles. The first-order chi connectivity index (χ1) is 9.85. The molecule has 4 nitrogen and oxygen atoms in total. The third-order valence-electron chi connectivity index (χ3n) is 4.40. The molecule has 4 heteroatoms. The minimum atomic E-state index is -0.778. The Bertz CT molecular complexity index is 505. The number of hydrogen-bond acceptors (Lipinski definition) is 3. The maximum absolute atomic E-state index is 12.4. The van der Waals surface area contributed by atoms with Crippen molar-refractivity contribution >= 4 is 5.91 Å². The first-order valence-electron chi connectivity index (χ1n) is 7.56. The van der Waals surface area contributed by atoms with Crippen LogP contribution >= 0.6 is 0 Å². The number of nitrogens with one attached hydrogen (secondary N) is 1. The first-order valence-corrected chi connectivity index (χ1v) is 7.56. The van der Waals surface area contributed by atoms with Crippen LogP contribution in [0, 0.1) is 6.92 Å². The highest BCUT2D eigenvalue weighted by atomic mass is 16.5. The number of hydrogen-bond donors (Lipinski definition) is 2. The van der Waals surface area contributed by atoms with Crippen LogP contribution in [0.25, 0.3) is 0 Å². The van der Waals surface area contributed by atoms with E-state index in [1.165, 1.54) is 11.1 Å². The Kier molecular flexibility index (Phi) is 4.69. The van der Waals surface area contributed by atoms with Gasteiger partial charge in [0, 0.05) is 25.2 Å². The van der Waals surface area contributed by atoms with Gasteiger partial charge in [0.1, 0.15) is 0 Å². The number of rotatable bonds is 4. The summed E-state index contributed by atoms with van der Waals surface area (Å²) >= 11 is 0. The molecule has 0 radical (unpaired) electrons. The Balaban J connectivity index is 2.01. The van der Waals surface area contributed by atoms with Crippen LogP contribution in [-0.4, -0.2) is 31.2 Å². The van der Waals surface area contributed by atoms with Gasteiger partial charge in [-0.3, -0.25) is 4.79 Å². The molecule has 21 heavy (non-hydrogen) atoms. The van der Waals surface area contributed by atoms with Gasteiger partial charge in [-0.2, -0.15) is 0 Å². The molecule has 1 aromatic rings. The van der Waals surface area contributed by atoms with Crippen molar-refractivity contribution in [3.63, 3.8) is 0 Å². The lowest BCUT2D eigenvalue weighted by atomic mass is 9.81. The fraction of sp³-hybridized carbons (Fsp3) is 0.588. The number of ether oxygens (including phenoxy) is 1. The van der Waals surface area contributed by atoms with Crippen LogP contribution in [-0.2, 0) is 14.9 Å². The maximum Gasteiger partial charge on any atom is 0.240 e. The van der Waals surface area contributed by atoms with Gasteiger partial charge < -0.3 is 15.8 Å². The molecule has 116 valence electrons. The molecule has 0 aromatic heterocycles. The van der Waals surface area contributed by atoms with Gasteiger partial charge in [-0.05, 0) is 30.9 Å². The standard InChI is InChI=1S/C17H26N2O2/c1-13-6-4-5-7-14(13)16(2,3)12-19-15(20)17(18)8-10-21-11-9-17/h4-7H,8-12,18H2,1-3H3,(H,19,20). The van der Waals surface area contributed by atoms with Crippen molar-refractivity contribution in [3.05, 3.63) is 35.4 Å². The normalized spacial score (nSPS) is 18.3. The van der Waals surface area contributed by atoms with E-state index in [4.69, 9.17) is 10.5 Å². The molecule has 0 unspecified atom stereocenters. The molecule has 0 aliphatic carbocycles. The third kappa shape index (κ3) is 3.63. The Morgan fingerprint density at radius 2 is 1.95 bits per heavy atom. The molecular formula is C17H26N2O2. The zero-order valence-electron chi connectivity index (χ0n) is 13.2. The van der Waals surface area contributed by atoms with Gasteiger partial charge in [0.05, 0.1) is 5.54 Å². The highest BCUT2D eigenvalue weighted by molar-refractivity contribution is 5.86. The van der Waals surface area contributed by atoms with Gasteiger partial charge in [0.25, 0.3) is 0 Å². The quantitative estimate of drug-likeness (QED) is 0.890. The van der Waals surface area contributed by atoms with E-state index in [-0.39, 0.29) is 11.3 Å². The topological polar surface area (TPSA) is 64.4 Å². The predicted molar refractivity (Wildman–Crippen MR) is 84.2 cm³/mol. The molecule has 1 amide bonds. The zero-order valence-corrected chi connectivity index (χ0v) is 13.2.